The van der Waals surface area contributed by atoms with Gasteiger partial charge in [0.05, 0.1) is 10.7 Å². The van der Waals surface area contributed by atoms with Crippen molar-refractivity contribution in [2.24, 2.45) is 0 Å². The van der Waals surface area contributed by atoms with Gasteiger partial charge in [-0.15, -0.1) is 0 Å². The molecule has 0 aliphatic heterocycles. The van der Waals surface area contributed by atoms with Gasteiger partial charge in [-0.25, -0.2) is 0 Å². The fourth-order valence-electron chi connectivity index (χ4n) is 1.34. The molecule has 4 nitrogen and oxygen atoms in total. The number of nitrogens with one attached hydrogen (secondary N) is 1. The van der Waals surface area contributed by atoms with Gasteiger partial charge in [-0.1, -0.05) is 25.4 Å². The second-order valence-electron chi connectivity index (χ2n) is 3.32. The smallest absolute Gasteiger partial charge is 0.271 e. The van der Waals surface area contributed by atoms with Crippen molar-refractivity contribution in [3.8, 4) is 0 Å². The third-order valence-corrected chi connectivity index (χ3v) is 5.13. The highest BCUT2D eigenvalue weighted by Gasteiger charge is 2.18. The molecule has 0 radical (unpaired) electrons. The number of hydrogen-bond donors (Lipinski definition) is 1. The molecule has 17 heavy (non-hydrogen) atoms. The zero-order valence-corrected chi connectivity index (χ0v) is 12.7. The number of rotatable bonds is 5. The molecule has 96 valence electrons. The predicted molar refractivity (Wildman–Crippen MR) is 74.6 cm³/mol. The maximum Gasteiger partial charge on any atom is 0.301 e. The van der Waals surface area contributed by atoms with E-state index in [1.165, 1.54) is 4.31 Å². The molecule has 7 heteroatoms. The summed E-state index contributed by atoms with van der Waals surface area (Å²) in [6.45, 7) is 4.43. The van der Waals surface area contributed by atoms with Gasteiger partial charge in [0.15, 0.2) is 0 Å². The first-order valence-corrected chi connectivity index (χ1v) is 7.74. The van der Waals surface area contributed by atoms with E-state index in [1.54, 1.807) is 32.0 Å². The lowest BCUT2D eigenvalue weighted by molar-refractivity contribution is 0.449. The number of nitrogens with zero attached hydrogens (tertiary/aromatic N) is 1. The molecule has 1 aromatic carbocycles. The van der Waals surface area contributed by atoms with Crippen molar-refractivity contribution in [1.29, 1.82) is 0 Å². The molecular formula is C10H14BrClN2O2S. The quantitative estimate of drug-likeness (QED) is 0.894. The summed E-state index contributed by atoms with van der Waals surface area (Å²) in [5, 5.41) is 0.463. The molecule has 0 atom stereocenters. The van der Waals surface area contributed by atoms with E-state index < -0.39 is 10.2 Å². The van der Waals surface area contributed by atoms with Crippen LogP contribution in [0, 0.1) is 0 Å². The minimum atomic E-state index is -3.50. The van der Waals surface area contributed by atoms with Gasteiger partial charge in [-0.2, -0.15) is 12.7 Å². The maximum atomic E-state index is 11.9. The summed E-state index contributed by atoms with van der Waals surface area (Å²) in [5.41, 5.74) is 0.449. The van der Waals surface area contributed by atoms with Crippen LogP contribution < -0.4 is 4.72 Å². The molecule has 0 aliphatic carbocycles. The van der Waals surface area contributed by atoms with Crippen molar-refractivity contribution in [3.63, 3.8) is 0 Å². The second kappa shape index (κ2) is 6.04. The van der Waals surface area contributed by atoms with Gasteiger partial charge in [-0.05, 0) is 34.1 Å². The van der Waals surface area contributed by atoms with E-state index in [0.717, 1.165) is 4.47 Å². The van der Waals surface area contributed by atoms with Crippen molar-refractivity contribution in [1.82, 2.24) is 4.31 Å². The monoisotopic (exact) mass is 340 g/mol. The van der Waals surface area contributed by atoms with Crippen LogP contribution in [-0.4, -0.2) is 25.8 Å². The normalized spacial score (nSPS) is 11.8. The molecule has 0 fully saturated rings. The van der Waals surface area contributed by atoms with E-state index in [-0.39, 0.29) is 0 Å². The van der Waals surface area contributed by atoms with Gasteiger partial charge in [0.1, 0.15) is 0 Å². The van der Waals surface area contributed by atoms with Crippen LogP contribution in [0.5, 0.6) is 0 Å². The Morgan fingerprint density at radius 3 is 2.41 bits per heavy atom. The summed E-state index contributed by atoms with van der Waals surface area (Å²) in [4.78, 5) is 0. The molecule has 0 unspecified atom stereocenters. The molecule has 0 saturated carbocycles. The molecule has 0 aromatic heterocycles. The Morgan fingerprint density at radius 2 is 1.94 bits per heavy atom. The number of halogens is 2. The lowest BCUT2D eigenvalue weighted by atomic mass is 10.3. The number of hydrogen-bond acceptors (Lipinski definition) is 2. The predicted octanol–water partition coefficient (Wildman–Crippen LogP) is 3.10. The lowest BCUT2D eigenvalue weighted by Crippen LogP contribution is -2.35. The standard InChI is InChI=1S/C10H14BrClN2O2S/c1-3-14(4-2)17(15,16)13-8-5-6-9(11)10(12)7-8/h5-7,13H,3-4H2,1-2H3. The van der Waals surface area contributed by atoms with Gasteiger partial charge >= 0.3 is 10.2 Å². The van der Waals surface area contributed by atoms with Crippen molar-refractivity contribution >= 4 is 43.4 Å². The third-order valence-electron chi connectivity index (χ3n) is 2.21. The Labute approximate surface area is 115 Å². The highest BCUT2D eigenvalue weighted by atomic mass is 79.9. The average molecular weight is 342 g/mol. The number of anilines is 1. The Hall–Kier alpha value is -0.300. The van der Waals surface area contributed by atoms with Crippen molar-refractivity contribution in [2.75, 3.05) is 17.8 Å². The Morgan fingerprint density at radius 1 is 1.35 bits per heavy atom. The minimum absolute atomic E-state index is 0.427. The van der Waals surface area contributed by atoms with Gasteiger partial charge in [0.25, 0.3) is 0 Å². The van der Waals surface area contributed by atoms with Crippen molar-refractivity contribution < 1.29 is 8.42 Å². The third kappa shape index (κ3) is 3.84. The fraction of sp³-hybridized carbons (Fsp3) is 0.400. The van der Waals surface area contributed by atoms with Gasteiger partial charge in [-0.3, -0.25) is 4.72 Å². The van der Waals surface area contributed by atoms with Crippen LogP contribution in [0.15, 0.2) is 22.7 Å². The largest absolute Gasteiger partial charge is 0.301 e. The molecular weight excluding hydrogens is 328 g/mol. The van der Waals surface area contributed by atoms with Crippen LogP contribution in [0.4, 0.5) is 5.69 Å². The first-order valence-electron chi connectivity index (χ1n) is 5.13. The zero-order chi connectivity index (χ0) is 13.1. The molecule has 0 aliphatic rings. The summed E-state index contributed by atoms with van der Waals surface area (Å²) < 4.78 is 28.4. The van der Waals surface area contributed by atoms with E-state index in [0.29, 0.717) is 23.8 Å². The maximum absolute atomic E-state index is 11.9. The Kier molecular flexibility index (Phi) is 5.24. The van der Waals surface area contributed by atoms with E-state index in [4.69, 9.17) is 11.6 Å². The summed E-state index contributed by atoms with van der Waals surface area (Å²) in [6.07, 6.45) is 0. The molecule has 0 spiro atoms. The van der Waals surface area contributed by atoms with Crippen molar-refractivity contribution in [3.05, 3.63) is 27.7 Å². The SMILES string of the molecule is CCN(CC)S(=O)(=O)Nc1ccc(Br)c(Cl)c1. The summed E-state index contributed by atoms with van der Waals surface area (Å²) in [7, 11) is -3.50. The van der Waals surface area contributed by atoms with Gasteiger partial charge in [0.2, 0.25) is 0 Å². The van der Waals surface area contributed by atoms with Crippen LogP contribution in [0.25, 0.3) is 0 Å². The zero-order valence-electron chi connectivity index (χ0n) is 9.57. The van der Waals surface area contributed by atoms with Crippen LogP contribution in [0.2, 0.25) is 5.02 Å². The molecule has 1 aromatic rings. The molecule has 0 saturated heterocycles. The van der Waals surface area contributed by atoms with Crippen LogP contribution in [0.1, 0.15) is 13.8 Å². The van der Waals surface area contributed by atoms with Crippen LogP contribution in [-0.2, 0) is 10.2 Å². The Bertz CT molecular complexity index is 489. The average Bonchev–Trinajstić information content (AvgIpc) is 2.24. The molecule has 1 rings (SSSR count). The summed E-state index contributed by atoms with van der Waals surface area (Å²) >= 11 is 9.14. The van der Waals surface area contributed by atoms with E-state index in [9.17, 15) is 8.42 Å². The van der Waals surface area contributed by atoms with E-state index in [1.807, 2.05) is 0 Å². The highest BCUT2D eigenvalue weighted by Crippen LogP contribution is 2.26. The van der Waals surface area contributed by atoms with Crippen molar-refractivity contribution in [2.45, 2.75) is 13.8 Å². The number of benzene rings is 1. The van der Waals surface area contributed by atoms with Gasteiger partial charge in [0, 0.05) is 17.6 Å². The highest BCUT2D eigenvalue weighted by molar-refractivity contribution is 9.10. The second-order valence-corrected chi connectivity index (χ2v) is 6.25. The molecule has 0 heterocycles. The van der Waals surface area contributed by atoms with Crippen LogP contribution in [0.3, 0.4) is 0 Å². The summed E-state index contributed by atoms with van der Waals surface area (Å²) in [6, 6.07) is 4.91. The topological polar surface area (TPSA) is 49.4 Å². The first kappa shape index (κ1) is 14.8. The first-order chi connectivity index (χ1) is 7.90. The van der Waals surface area contributed by atoms with E-state index >= 15 is 0 Å². The molecule has 1 N–H and O–H groups in total. The van der Waals surface area contributed by atoms with Gasteiger partial charge < -0.3 is 0 Å². The molecule has 0 bridgehead atoms. The Balaban J connectivity index is 2.94. The van der Waals surface area contributed by atoms with Crippen LogP contribution >= 0.6 is 27.5 Å². The fourth-order valence-corrected chi connectivity index (χ4v) is 3.00. The lowest BCUT2D eigenvalue weighted by Gasteiger charge is -2.19. The minimum Gasteiger partial charge on any atom is -0.271 e. The summed E-state index contributed by atoms with van der Waals surface area (Å²) in [5.74, 6) is 0. The molecule has 0 amide bonds. The van der Waals surface area contributed by atoms with E-state index in [2.05, 4.69) is 20.7 Å².